The van der Waals surface area contributed by atoms with Gasteiger partial charge >= 0.3 is 0 Å². The van der Waals surface area contributed by atoms with Crippen LogP contribution in [0.5, 0.6) is 0 Å². The molecule has 0 fully saturated rings. The van der Waals surface area contributed by atoms with Gasteiger partial charge in [-0.15, -0.1) is 0 Å². The number of halogens is 2. The molecule has 3 heterocycles. The van der Waals surface area contributed by atoms with Crippen LogP contribution in [-0.2, 0) is 6.54 Å². The fourth-order valence-corrected chi connectivity index (χ4v) is 2.86. The predicted octanol–water partition coefficient (Wildman–Crippen LogP) is 2.97. The minimum absolute atomic E-state index is 0.0191. The fraction of sp³-hybridized carbons (Fsp3) is 0.500. The molecule has 0 amide bonds. The second-order valence-electron chi connectivity index (χ2n) is 5.44. The van der Waals surface area contributed by atoms with Crippen molar-refractivity contribution in [2.24, 2.45) is 0 Å². The van der Waals surface area contributed by atoms with Crippen molar-refractivity contribution in [1.82, 2.24) is 19.7 Å². The first-order valence-electron chi connectivity index (χ1n) is 6.95. The van der Waals surface area contributed by atoms with Gasteiger partial charge in [-0.2, -0.15) is 10.1 Å². The van der Waals surface area contributed by atoms with Gasteiger partial charge in [-0.3, -0.25) is 4.98 Å². The Hall–Kier alpha value is -2.05. The summed E-state index contributed by atoms with van der Waals surface area (Å²) in [5.74, 6) is 0.735. The molecule has 0 spiro atoms. The molecular formula is C14H17F2N5. The van der Waals surface area contributed by atoms with Gasteiger partial charge in [-0.05, 0) is 31.9 Å². The van der Waals surface area contributed by atoms with Crippen molar-refractivity contribution in [1.29, 1.82) is 0 Å². The number of rotatable bonds is 3. The van der Waals surface area contributed by atoms with E-state index in [1.54, 1.807) is 12.3 Å². The molecule has 0 unspecified atom stereocenters. The van der Waals surface area contributed by atoms with E-state index in [-0.39, 0.29) is 17.6 Å². The Kier molecular flexibility index (Phi) is 3.57. The highest BCUT2D eigenvalue weighted by Crippen LogP contribution is 2.32. The molecule has 2 atom stereocenters. The molecule has 0 bridgehead atoms. The molecule has 2 aromatic heterocycles. The summed E-state index contributed by atoms with van der Waals surface area (Å²) in [7, 11) is 0. The quantitative estimate of drug-likeness (QED) is 0.873. The van der Waals surface area contributed by atoms with E-state index in [0.29, 0.717) is 12.1 Å². The normalized spacial score (nSPS) is 21.7. The number of pyridine rings is 1. The van der Waals surface area contributed by atoms with Gasteiger partial charge in [0.15, 0.2) is 0 Å². The van der Waals surface area contributed by atoms with E-state index < -0.39 is 6.43 Å². The summed E-state index contributed by atoms with van der Waals surface area (Å²) >= 11 is 0. The maximum absolute atomic E-state index is 13.1. The number of alkyl halides is 2. The third-order valence-corrected chi connectivity index (χ3v) is 3.96. The van der Waals surface area contributed by atoms with Crippen molar-refractivity contribution in [2.45, 2.75) is 45.3 Å². The van der Waals surface area contributed by atoms with Crippen LogP contribution >= 0.6 is 0 Å². The van der Waals surface area contributed by atoms with Crippen molar-refractivity contribution in [2.75, 3.05) is 4.90 Å². The molecule has 1 aliphatic heterocycles. The summed E-state index contributed by atoms with van der Waals surface area (Å²) in [6, 6.07) is 2.13. The Labute approximate surface area is 121 Å². The van der Waals surface area contributed by atoms with Gasteiger partial charge in [0.1, 0.15) is 6.33 Å². The minimum Gasteiger partial charge on any atom is -0.334 e. The van der Waals surface area contributed by atoms with E-state index >= 15 is 0 Å². The number of nitrogens with zero attached hydrogens (tertiary/aromatic N) is 5. The van der Waals surface area contributed by atoms with E-state index in [0.717, 1.165) is 12.4 Å². The number of hydrogen-bond acceptors (Lipinski definition) is 4. The van der Waals surface area contributed by atoms with Crippen molar-refractivity contribution < 1.29 is 8.78 Å². The second-order valence-corrected chi connectivity index (χ2v) is 5.44. The van der Waals surface area contributed by atoms with E-state index in [1.807, 2.05) is 9.58 Å². The molecule has 1 aliphatic rings. The molecule has 21 heavy (non-hydrogen) atoms. The second kappa shape index (κ2) is 5.38. The molecule has 112 valence electrons. The standard InChI is InChI=1S/C14H17F2N5/c1-9-5-10(2)21-14(18-8-19-21)20(9)7-11-3-4-17-6-12(11)13(15)16/h3-4,6,8-10,13H,5,7H2,1-2H3/t9-,10+/m1/s1. The molecule has 2 aromatic rings. The lowest BCUT2D eigenvalue weighted by atomic mass is 10.0. The molecule has 0 saturated heterocycles. The summed E-state index contributed by atoms with van der Waals surface area (Å²) in [4.78, 5) is 10.1. The van der Waals surface area contributed by atoms with Crippen molar-refractivity contribution >= 4 is 5.95 Å². The molecule has 0 aliphatic carbocycles. The van der Waals surface area contributed by atoms with Crippen LogP contribution in [0.2, 0.25) is 0 Å². The zero-order valence-electron chi connectivity index (χ0n) is 11.9. The van der Waals surface area contributed by atoms with Crippen LogP contribution in [-0.4, -0.2) is 25.8 Å². The van der Waals surface area contributed by atoms with Crippen LogP contribution in [0.25, 0.3) is 0 Å². The van der Waals surface area contributed by atoms with E-state index in [4.69, 9.17) is 0 Å². The fourth-order valence-electron chi connectivity index (χ4n) is 2.86. The third-order valence-electron chi connectivity index (χ3n) is 3.96. The van der Waals surface area contributed by atoms with Crippen LogP contribution < -0.4 is 4.90 Å². The van der Waals surface area contributed by atoms with Gasteiger partial charge in [-0.1, -0.05) is 0 Å². The first-order chi connectivity index (χ1) is 10.1. The zero-order chi connectivity index (χ0) is 15.0. The van der Waals surface area contributed by atoms with Crippen LogP contribution in [0.3, 0.4) is 0 Å². The molecule has 5 nitrogen and oxygen atoms in total. The summed E-state index contributed by atoms with van der Waals surface area (Å²) in [6.45, 7) is 4.55. The predicted molar refractivity (Wildman–Crippen MR) is 74.2 cm³/mol. The molecule has 7 heteroatoms. The third kappa shape index (κ3) is 2.48. The SMILES string of the molecule is C[C@@H]1C[C@H](C)n2ncnc2N1Cc1ccncc1C(F)F. The Balaban J connectivity index is 1.94. The van der Waals surface area contributed by atoms with Crippen LogP contribution in [0.15, 0.2) is 24.8 Å². The van der Waals surface area contributed by atoms with Crippen molar-refractivity contribution in [3.63, 3.8) is 0 Å². The molecule has 3 rings (SSSR count). The van der Waals surface area contributed by atoms with Crippen molar-refractivity contribution in [3.05, 3.63) is 35.9 Å². The molecular weight excluding hydrogens is 276 g/mol. The van der Waals surface area contributed by atoms with E-state index in [1.165, 1.54) is 12.5 Å². The molecule has 0 saturated carbocycles. The summed E-state index contributed by atoms with van der Waals surface area (Å²) < 4.78 is 28.0. The highest BCUT2D eigenvalue weighted by atomic mass is 19.3. The van der Waals surface area contributed by atoms with Gasteiger partial charge in [0.2, 0.25) is 5.95 Å². The summed E-state index contributed by atoms with van der Waals surface area (Å²) in [5.41, 5.74) is 0.561. The first-order valence-corrected chi connectivity index (χ1v) is 6.95. The number of fused-ring (bicyclic) bond motifs is 1. The lowest BCUT2D eigenvalue weighted by Gasteiger charge is -2.37. The monoisotopic (exact) mass is 293 g/mol. The largest absolute Gasteiger partial charge is 0.334 e. The van der Waals surface area contributed by atoms with Crippen LogP contribution in [0.4, 0.5) is 14.7 Å². The lowest BCUT2D eigenvalue weighted by molar-refractivity contribution is 0.149. The van der Waals surface area contributed by atoms with Crippen LogP contribution in [0, 0.1) is 0 Å². The molecule has 0 N–H and O–H groups in total. The van der Waals surface area contributed by atoms with E-state index in [2.05, 4.69) is 28.9 Å². The average molecular weight is 293 g/mol. The lowest BCUT2D eigenvalue weighted by Crippen LogP contribution is -2.41. The Morgan fingerprint density at radius 1 is 1.33 bits per heavy atom. The van der Waals surface area contributed by atoms with Crippen LogP contribution in [0.1, 0.15) is 43.9 Å². The number of anilines is 1. The Morgan fingerprint density at radius 3 is 2.90 bits per heavy atom. The van der Waals surface area contributed by atoms with Gasteiger partial charge in [0.25, 0.3) is 6.43 Å². The van der Waals surface area contributed by atoms with Gasteiger partial charge in [0.05, 0.1) is 6.04 Å². The summed E-state index contributed by atoms with van der Waals surface area (Å²) in [5, 5.41) is 4.23. The average Bonchev–Trinajstić information content (AvgIpc) is 2.93. The first kappa shape index (κ1) is 13.9. The minimum atomic E-state index is -2.52. The van der Waals surface area contributed by atoms with Crippen molar-refractivity contribution in [3.8, 4) is 0 Å². The Morgan fingerprint density at radius 2 is 2.14 bits per heavy atom. The highest BCUT2D eigenvalue weighted by molar-refractivity contribution is 5.38. The Bertz CT molecular complexity index is 627. The van der Waals surface area contributed by atoms with E-state index in [9.17, 15) is 8.78 Å². The smallest absolute Gasteiger partial charge is 0.265 e. The maximum Gasteiger partial charge on any atom is 0.265 e. The maximum atomic E-state index is 13.1. The highest BCUT2D eigenvalue weighted by Gasteiger charge is 2.30. The molecule has 0 aromatic carbocycles. The number of aromatic nitrogens is 4. The molecule has 0 radical (unpaired) electrons. The zero-order valence-corrected chi connectivity index (χ0v) is 11.9. The van der Waals surface area contributed by atoms with Gasteiger partial charge in [0, 0.05) is 30.5 Å². The topological polar surface area (TPSA) is 46.8 Å². The summed E-state index contributed by atoms with van der Waals surface area (Å²) in [6.07, 6.45) is 2.68. The van der Waals surface area contributed by atoms with Gasteiger partial charge < -0.3 is 4.90 Å². The number of hydrogen-bond donors (Lipinski definition) is 0. The van der Waals surface area contributed by atoms with Gasteiger partial charge in [-0.25, -0.2) is 13.5 Å².